The van der Waals surface area contributed by atoms with Crippen molar-refractivity contribution < 1.29 is 17.5 Å². The number of nitrogens with one attached hydrogen (secondary N) is 1. The first-order valence-corrected chi connectivity index (χ1v) is 11.1. The highest BCUT2D eigenvalue weighted by Crippen LogP contribution is 2.38. The maximum absolute atomic E-state index is 14.8. The van der Waals surface area contributed by atoms with Gasteiger partial charge in [0.05, 0.1) is 25.3 Å². The number of nitrogens with two attached hydrogens (primary N) is 1. The summed E-state index contributed by atoms with van der Waals surface area (Å²) in [5.41, 5.74) is 5.21. The maximum Gasteiger partial charge on any atom is 0.234 e. The van der Waals surface area contributed by atoms with Crippen molar-refractivity contribution in [3.8, 4) is 5.88 Å². The van der Waals surface area contributed by atoms with Gasteiger partial charge < -0.3 is 15.8 Å². The number of halogens is 1. The second kappa shape index (κ2) is 7.29. The van der Waals surface area contributed by atoms with E-state index in [1.54, 1.807) is 0 Å². The third-order valence-corrected chi connectivity index (χ3v) is 8.15. The minimum atomic E-state index is -3.70. The normalized spacial score (nSPS) is 21.7. The number of hydrogen-bond acceptors (Lipinski definition) is 11. The molecule has 0 aromatic carbocycles. The Morgan fingerprint density at radius 1 is 1.16 bits per heavy atom. The number of methoxy groups -OCH3 is 1. The number of pyridine rings is 1. The van der Waals surface area contributed by atoms with E-state index in [0.29, 0.717) is 5.52 Å². The van der Waals surface area contributed by atoms with E-state index < -0.39 is 31.7 Å². The molecule has 4 rings (SSSR count). The van der Waals surface area contributed by atoms with Crippen molar-refractivity contribution in [1.82, 2.24) is 24.9 Å². The molecule has 0 amide bonds. The number of hydrogen-bond donors (Lipinski definition) is 2. The number of rotatable bonds is 4. The van der Waals surface area contributed by atoms with Crippen LogP contribution in [0.4, 0.5) is 16.0 Å². The lowest BCUT2D eigenvalue weighted by Gasteiger charge is -2.37. The first kappa shape index (κ1) is 21.7. The fourth-order valence-electron chi connectivity index (χ4n) is 3.33. The zero-order chi connectivity index (χ0) is 23.3. The van der Waals surface area contributed by atoms with Crippen LogP contribution in [0.15, 0.2) is 29.8 Å². The van der Waals surface area contributed by atoms with Gasteiger partial charge >= 0.3 is 0 Å². The van der Waals surface area contributed by atoms with Gasteiger partial charge in [0.15, 0.2) is 26.8 Å². The molecule has 0 saturated carbocycles. The van der Waals surface area contributed by atoms with E-state index in [4.69, 9.17) is 10.5 Å². The quantitative estimate of drug-likeness (QED) is 0.584. The van der Waals surface area contributed by atoms with E-state index >= 15 is 0 Å². The van der Waals surface area contributed by atoms with Crippen LogP contribution in [0.5, 0.6) is 5.88 Å². The molecule has 0 radical (unpaired) electrons. The summed E-state index contributed by atoms with van der Waals surface area (Å²) in [5.74, 6) is -0.425. The highest BCUT2D eigenvalue weighted by molar-refractivity contribution is 7.93. The summed E-state index contributed by atoms with van der Waals surface area (Å²) in [4.78, 5) is 25.1. The van der Waals surface area contributed by atoms with Gasteiger partial charge in [-0.1, -0.05) is 0 Å². The molecule has 3 aromatic rings. The van der Waals surface area contributed by atoms with Crippen molar-refractivity contribution in [2.75, 3.05) is 18.2 Å². The number of aliphatic imine (C=N–C) groups is 1. The molecular weight excluding hydrogens is 439 g/mol. The van der Waals surface area contributed by atoms with Crippen LogP contribution >= 0.6 is 0 Å². The van der Waals surface area contributed by atoms with Gasteiger partial charge in [0.25, 0.3) is 0 Å². The van der Waals surface area contributed by atoms with E-state index in [1.807, 2.05) is 0 Å². The molecule has 13 heteroatoms. The second-order valence-corrected chi connectivity index (χ2v) is 10.6. The second-order valence-electron chi connectivity index (χ2n) is 8.02. The Balaban J connectivity index is 1.77. The zero-order valence-corrected chi connectivity index (χ0v) is 18.6. The largest absolute Gasteiger partial charge is 0.480 e. The van der Waals surface area contributed by atoms with Gasteiger partial charge in [-0.25, -0.2) is 32.7 Å². The van der Waals surface area contributed by atoms with Crippen LogP contribution in [0.25, 0.3) is 11.2 Å². The number of ether oxygens (including phenoxy) is 1. The lowest BCUT2D eigenvalue weighted by Crippen LogP contribution is -2.55. The Labute approximate surface area is 183 Å². The van der Waals surface area contributed by atoms with Gasteiger partial charge in [-0.2, -0.15) is 4.98 Å². The summed E-state index contributed by atoms with van der Waals surface area (Å²) in [6.45, 7) is 4.48. The van der Waals surface area contributed by atoms with Gasteiger partial charge in [-0.15, -0.1) is 0 Å². The number of anilines is 2. The molecule has 0 unspecified atom stereocenters. The van der Waals surface area contributed by atoms with Gasteiger partial charge in [0.1, 0.15) is 34.1 Å². The van der Waals surface area contributed by atoms with Crippen molar-refractivity contribution in [2.45, 2.75) is 31.1 Å². The molecule has 3 N–H and O–H groups in total. The minimum Gasteiger partial charge on any atom is -0.480 e. The van der Waals surface area contributed by atoms with Gasteiger partial charge in [0.2, 0.25) is 5.88 Å². The van der Waals surface area contributed by atoms with E-state index in [1.165, 1.54) is 46.5 Å². The van der Waals surface area contributed by atoms with Crippen molar-refractivity contribution in [3.63, 3.8) is 0 Å². The first-order valence-electron chi connectivity index (χ1n) is 9.50. The molecule has 0 spiro atoms. The highest BCUT2D eigenvalue weighted by Gasteiger charge is 2.49. The lowest BCUT2D eigenvalue weighted by molar-refractivity contribution is 0.397. The average molecular weight is 460 g/mol. The van der Waals surface area contributed by atoms with Crippen LogP contribution in [0.2, 0.25) is 0 Å². The number of fused-ring (bicyclic) bond motifs is 1. The zero-order valence-electron chi connectivity index (χ0n) is 17.8. The number of nitrogens with zero attached hydrogens (tertiary/aromatic N) is 6. The predicted molar refractivity (Wildman–Crippen MR) is 116 cm³/mol. The molecule has 1 atom stereocenters. The number of amidine groups is 1. The molecule has 3 aromatic heterocycles. The van der Waals surface area contributed by atoms with E-state index in [0.717, 1.165) is 6.20 Å². The molecule has 0 bridgehead atoms. The summed E-state index contributed by atoms with van der Waals surface area (Å²) in [6, 6.07) is 1.38. The highest BCUT2D eigenvalue weighted by atomic mass is 32.2. The Hall–Kier alpha value is -3.48. The fraction of sp³-hybridized carbons (Fsp3) is 0.368. The molecule has 0 saturated heterocycles. The Morgan fingerprint density at radius 3 is 2.59 bits per heavy atom. The monoisotopic (exact) mass is 460 g/mol. The van der Waals surface area contributed by atoms with Crippen molar-refractivity contribution in [2.24, 2.45) is 10.7 Å². The summed E-state index contributed by atoms with van der Waals surface area (Å²) < 4.78 is 44.2. The van der Waals surface area contributed by atoms with Crippen LogP contribution < -0.4 is 15.8 Å². The van der Waals surface area contributed by atoms with Gasteiger partial charge in [-0.3, -0.25) is 4.99 Å². The Morgan fingerprint density at radius 2 is 1.91 bits per heavy atom. The third kappa shape index (κ3) is 3.47. The predicted octanol–water partition coefficient (Wildman–Crippen LogP) is 1.49. The molecule has 0 aliphatic carbocycles. The maximum atomic E-state index is 14.8. The molecule has 11 nitrogen and oxygen atoms in total. The van der Waals surface area contributed by atoms with E-state index in [9.17, 15) is 12.8 Å². The van der Waals surface area contributed by atoms with Crippen LogP contribution in [-0.2, 0) is 15.4 Å². The fourth-order valence-corrected chi connectivity index (χ4v) is 5.02. The Kier molecular flexibility index (Phi) is 4.95. The molecule has 32 heavy (non-hydrogen) atoms. The summed E-state index contributed by atoms with van der Waals surface area (Å²) in [6.07, 6.45) is 3.68. The van der Waals surface area contributed by atoms with E-state index in [-0.39, 0.29) is 34.6 Å². The van der Waals surface area contributed by atoms with Gasteiger partial charge in [0, 0.05) is 5.56 Å². The molecular formula is C19H21FN8O3S. The lowest BCUT2D eigenvalue weighted by atomic mass is 9.94. The molecule has 1 aliphatic heterocycles. The first-order chi connectivity index (χ1) is 15.0. The Bertz CT molecular complexity index is 1360. The standard InChI is InChI=1S/C19H21FN8O3S/c1-18(2)17(21)28-19(3,8-32(18,29)30)10-5-12(22-6-11(10)20)26-15-14-16(25-9-24-15)27-13(31-4)7-23-14/h5-7,9H,8H2,1-4H3,(H2,21,28)(H,22,24,25,26,27)/t19-/m0/s1. The van der Waals surface area contributed by atoms with Crippen LogP contribution in [0.1, 0.15) is 26.3 Å². The minimum absolute atomic E-state index is 0.0307. The van der Waals surface area contributed by atoms with Crippen LogP contribution in [0, 0.1) is 5.82 Å². The number of aromatic nitrogens is 5. The van der Waals surface area contributed by atoms with E-state index in [2.05, 4.69) is 35.2 Å². The van der Waals surface area contributed by atoms with Gasteiger partial charge in [-0.05, 0) is 26.8 Å². The van der Waals surface area contributed by atoms with Crippen molar-refractivity contribution in [3.05, 3.63) is 36.2 Å². The van der Waals surface area contributed by atoms with Crippen LogP contribution in [0.3, 0.4) is 0 Å². The smallest absolute Gasteiger partial charge is 0.234 e. The summed E-state index contributed by atoms with van der Waals surface area (Å²) in [5, 5.41) is 2.96. The van der Waals surface area contributed by atoms with Crippen LogP contribution in [-0.4, -0.2) is 56.8 Å². The molecule has 168 valence electrons. The third-order valence-electron chi connectivity index (χ3n) is 5.45. The molecule has 4 heterocycles. The SMILES string of the molecule is COc1cnc2c(Nc3cc([C@]4(C)CS(=O)(=O)C(C)(C)C(N)=N4)c(F)cn3)ncnc2n1. The van der Waals surface area contributed by atoms with Crippen molar-refractivity contribution >= 4 is 38.5 Å². The summed E-state index contributed by atoms with van der Waals surface area (Å²) in [7, 11) is -2.24. The topological polar surface area (TPSA) is 158 Å². The molecule has 0 fully saturated rings. The van der Waals surface area contributed by atoms with Crippen molar-refractivity contribution in [1.29, 1.82) is 0 Å². The summed E-state index contributed by atoms with van der Waals surface area (Å²) >= 11 is 0. The number of sulfone groups is 1. The average Bonchev–Trinajstić information content (AvgIpc) is 2.73. The molecule has 1 aliphatic rings.